The van der Waals surface area contributed by atoms with Gasteiger partial charge in [-0.3, -0.25) is 15.1 Å². The number of rotatable bonds is 7. The Morgan fingerprint density at radius 2 is 2.03 bits per heavy atom. The monoisotopic (exact) mass is 480 g/mol. The van der Waals surface area contributed by atoms with Gasteiger partial charge in [-0.15, -0.1) is 5.10 Å². The fraction of sp³-hybridized carbons (Fsp3) is 0.300. The van der Waals surface area contributed by atoms with Crippen LogP contribution in [0.5, 0.6) is 10.9 Å². The fourth-order valence-corrected chi connectivity index (χ4v) is 4.09. The number of pyridine rings is 1. The summed E-state index contributed by atoms with van der Waals surface area (Å²) in [5.41, 5.74) is 1.14. The van der Waals surface area contributed by atoms with E-state index in [-0.39, 0.29) is 27.0 Å². The summed E-state index contributed by atoms with van der Waals surface area (Å²) in [7, 11) is -0.00219. The number of hydrogen-bond acceptors (Lipinski definition) is 7. The summed E-state index contributed by atoms with van der Waals surface area (Å²) in [5, 5.41) is 11.1. The molecule has 0 atom stereocenters. The lowest BCUT2D eigenvalue weighted by molar-refractivity contribution is 0.102. The smallest absolute Gasteiger partial charge is 0.295 e. The SMILES string of the molecule is COc1ccc(Cl)c(F)c1-c1cc(C)ncc1C(=O)Nc1nnc(OC[Si](C)(C)C)s1. The van der Waals surface area contributed by atoms with Crippen LogP contribution in [-0.4, -0.2) is 42.5 Å². The first-order valence-electron chi connectivity index (χ1n) is 9.35. The van der Waals surface area contributed by atoms with Crippen LogP contribution in [0.15, 0.2) is 24.4 Å². The second-order valence-corrected chi connectivity index (χ2v) is 14.7. The van der Waals surface area contributed by atoms with Gasteiger partial charge in [-0.1, -0.05) is 36.3 Å². The van der Waals surface area contributed by atoms with Gasteiger partial charge in [0.25, 0.3) is 11.1 Å². The quantitative estimate of drug-likeness (QED) is 0.466. The zero-order valence-corrected chi connectivity index (χ0v) is 20.3. The minimum absolute atomic E-state index is 0.0788. The molecule has 3 aromatic rings. The molecule has 7 nitrogen and oxygen atoms in total. The molecule has 164 valence electrons. The molecular weight excluding hydrogens is 459 g/mol. The summed E-state index contributed by atoms with van der Waals surface area (Å²) in [5.74, 6) is -0.949. The van der Waals surface area contributed by atoms with Crippen molar-refractivity contribution in [3.63, 3.8) is 0 Å². The average molecular weight is 481 g/mol. The Morgan fingerprint density at radius 3 is 2.71 bits per heavy atom. The molecule has 0 aliphatic heterocycles. The van der Waals surface area contributed by atoms with Crippen LogP contribution >= 0.6 is 22.9 Å². The van der Waals surface area contributed by atoms with Gasteiger partial charge in [0.2, 0.25) is 5.13 Å². The number of methoxy groups -OCH3 is 1. The highest BCUT2D eigenvalue weighted by Crippen LogP contribution is 2.38. The Hall–Kier alpha value is -2.56. The summed E-state index contributed by atoms with van der Waals surface area (Å²) in [4.78, 5) is 17.2. The molecule has 0 saturated carbocycles. The molecule has 1 N–H and O–H groups in total. The maximum absolute atomic E-state index is 14.9. The van der Waals surface area contributed by atoms with Crippen LogP contribution in [0.4, 0.5) is 9.52 Å². The highest BCUT2D eigenvalue weighted by molar-refractivity contribution is 7.17. The van der Waals surface area contributed by atoms with E-state index in [2.05, 4.69) is 40.1 Å². The predicted octanol–water partition coefficient (Wildman–Crippen LogP) is 5.22. The van der Waals surface area contributed by atoms with Crippen molar-refractivity contribution in [2.75, 3.05) is 18.7 Å². The average Bonchev–Trinajstić information content (AvgIpc) is 3.15. The van der Waals surface area contributed by atoms with Gasteiger partial charge < -0.3 is 9.47 Å². The largest absolute Gasteiger partial charge is 0.496 e. The van der Waals surface area contributed by atoms with Gasteiger partial charge in [-0.05, 0) is 36.5 Å². The first-order chi connectivity index (χ1) is 14.6. The van der Waals surface area contributed by atoms with E-state index in [4.69, 9.17) is 21.1 Å². The van der Waals surface area contributed by atoms with Crippen molar-refractivity contribution >= 4 is 42.1 Å². The van der Waals surface area contributed by atoms with Crippen molar-refractivity contribution in [2.45, 2.75) is 26.6 Å². The molecule has 1 amide bonds. The first kappa shape index (κ1) is 23.1. The molecule has 1 aromatic carbocycles. The maximum atomic E-state index is 14.9. The lowest BCUT2D eigenvalue weighted by Gasteiger charge is -2.15. The van der Waals surface area contributed by atoms with Crippen molar-refractivity contribution < 1.29 is 18.7 Å². The number of carbonyl (C=O) groups is 1. The topological polar surface area (TPSA) is 86.2 Å². The van der Waals surface area contributed by atoms with Crippen molar-refractivity contribution in [3.8, 4) is 22.1 Å². The molecule has 2 heterocycles. The molecule has 0 aliphatic carbocycles. The number of aromatic nitrogens is 3. The van der Waals surface area contributed by atoms with E-state index in [1.807, 2.05) is 0 Å². The van der Waals surface area contributed by atoms with Gasteiger partial charge in [0.15, 0.2) is 5.82 Å². The van der Waals surface area contributed by atoms with Crippen LogP contribution in [0.3, 0.4) is 0 Å². The van der Waals surface area contributed by atoms with E-state index in [0.717, 1.165) is 11.3 Å². The highest BCUT2D eigenvalue weighted by Gasteiger charge is 2.23. The number of aryl methyl sites for hydroxylation is 1. The number of halogens is 2. The molecular formula is C20H22ClFN4O3SSi. The Kier molecular flexibility index (Phi) is 6.92. The summed E-state index contributed by atoms with van der Waals surface area (Å²) >= 11 is 7.10. The number of amides is 1. The molecule has 0 fully saturated rings. The summed E-state index contributed by atoms with van der Waals surface area (Å²) in [6, 6.07) is 4.55. The van der Waals surface area contributed by atoms with Gasteiger partial charge >= 0.3 is 0 Å². The van der Waals surface area contributed by atoms with Crippen LogP contribution in [0.2, 0.25) is 24.7 Å². The standard InChI is InChI=1S/C20H22ClFN4O3SSi/c1-11-8-12(16-15(28-2)7-6-14(21)17(16)22)13(9-23-11)18(27)24-19-25-26-20(30-19)29-10-31(3,4)5/h6-9H,10H2,1-5H3,(H,24,25,27). The van der Waals surface area contributed by atoms with E-state index in [9.17, 15) is 9.18 Å². The second kappa shape index (κ2) is 9.29. The molecule has 31 heavy (non-hydrogen) atoms. The van der Waals surface area contributed by atoms with E-state index in [1.54, 1.807) is 19.1 Å². The van der Waals surface area contributed by atoms with Crippen LogP contribution in [0.1, 0.15) is 16.1 Å². The van der Waals surface area contributed by atoms with Crippen molar-refractivity contribution in [1.82, 2.24) is 15.2 Å². The molecule has 0 unspecified atom stereocenters. The Balaban J connectivity index is 1.93. The number of benzene rings is 1. The third kappa shape index (κ3) is 5.57. The maximum Gasteiger partial charge on any atom is 0.295 e. The van der Waals surface area contributed by atoms with Gasteiger partial charge in [-0.2, -0.15) is 0 Å². The molecule has 0 aliphatic rings. The summed E-state index contributed by atoms with van der Waals surface area (Å²) < 4.78 is 25.9. The second-order valence-electron chi connectivity index (χ2n) is 7.99. The van der Waals surface area contributed by atoms with Gasteiger partial charge in [0, 0.05) is 17.5 Å². The van der Waals surface area contributed by atoms with Crippen LogP contribution < -0.4 is 14.8 Å². The minimum Gasteiger partial charge on any atom is -0.496 e. The van der Waals surface area contributed by atoms with Crippen LogP contribution in [0.25, 0.3) is 11.1 Å². The van der Waals surface area contributed by atoms with E-state index in [1.165, 1.54) is 19.4 Å². The molecule has 0 spiro atoms. The van der Waals surface area contributed by atoms with Crippen molar-refractivity contribution in [1.29, 1.82) is 0 Å². The van der Waals surface area contributed by atoms with E-state index < -0.39 is 19.8 Å². The number of ether oxygens (including phenoxy) is 2. The zero-order valence-electron chi connectivity index (χ0n) is 17.7. The third-order valence-electron chi connectivity index (χ3n) is 4.09. The van der Waals surface area contributed by atoms with Crippen LogP contribution in [0, 0.1) is 12.7 Å². The number of anilines is 1. The predicted molar refractivity (Wildman–Crippen MR) is 123 cm³/mol. The molecule has 11 heteroatoms. The van der Waals surface area contributed by atoms with Gasteiger partial charge in [0.1, 0.15) is 5.75 Å². The fourth-order valence-electron chi connectivity index (χ4n) is 2.66. The first-order valence-corrected chi connectivity index (χ1v) is 14.3. The Bertz CT molecular complexity index is 1120. The zero-order chi connectivity index (χ0) is 22.8. The van der Waals surface area contributed by atoms with E-state index in [0.29, 0.717) is 22.7 Å². The lowest BCUT2D eigenvalue weighted by Crippen LogP contribution is -2.29. The Labute approximate surface area is 189 Å². The molecule has 0 radical (unpaired) electrons. The third-order valence-corrected chi connectivity index (χ3v) is 6.14. The Morgan fingerprint density at radius 1 is 1.29 bits per heavy atom. The van der Waals surface area contributed by atoms with Crippen LogP contribution in [-0.2, 0) is 0 Å². The number of hydrogen-bond donors (Lipinski definition) is 1. The normalized spacial score (nSPS) is 11.3. The molecule has 3 rings (SSSR count). The van der Waals surface area contributed by atoms with Crippen molar-refractivity contribution in [2.24, 2.45) is 0 Å². The summed E-state index contributed by atoms with van der Waals surface area (Å²) in [6.07, 6.45) is 1.97. The lowest BCUT2D eigenvalue weighted by atomic mass is 9.98. The molecule has 0 bridgehead atoms. The van der Waals surface area contributed by atoms with Gasteiger partial charge in [0.05, 0.1) is 37.6 Å². The van der Waals surface area contributed by atoms with E-state index >= 15 is 0 Å². The molecule has 0 saturated heterocycles. The van der Waals surface area contributed by atoms with Gasteiger partial charge in [-0.25, -0.2) is 4.39 Å². The molecule has 2 aromatic heterocycles. The summed E-state index contributed by atoms with van der Waals surface area (Å²) in [6.45, 7) is 8.26. The number of nitrogens with zero attached hydrogens (tertiary/aromatic N) is 3. The number of nitrogens with one attached hydrogen (secondary N) is 1. The minimum atomic E-state index is -1.42. The number of carbonyl (C=O) groups excluding carboxylic acids is 1. The highest BCUT2D eigenvalue weighted by atomic mass is 35.5. The van der Waals surface area contributed by atoms with Crippen molar-refractivity contribution in [3.05, 3.63) is 46.5 Å².